The lowest BCUT2D eigenvalue weighted by Crippen LogP contribution is -2.04. The summed E-state index contributed by atoms with van der Waals surface area (Å²) in [6.07, 6.45) is -3.46. The van der Waals surface area contributed by atoms with Crippen molar-refractivity contribution >= 4 is 5.69 Å². The van der Waals surface area contributed by atoms with E-state index in [4.69, 9.17) is 10.5 Å². The molecular formula is C9H4F2N4O2. The lowest BCUT2D eigenvalue weighted by atomic mass is 10.1. The Balaban J connectivity index is 3.50. The average Bonchev–Trinajstić information content (AvgIpc) is 2.28. The second-order valence-electron chi connectivity index (χ2n) is 2.90. The fourth-order valence-corrected chi connectivity index (χ4v) is 1.17. The van der Waals surface area contributed by atoms with Crippen molar-refractivity contribution < 1.29 is 13.7 Å². The van der Waals surface area contributed by atoms with Gasteiger partial charge in [0, 0.05) is 6.07 Å². The van der Waals surface area contributed by atoms with Crippen molar-refractivity contribution in [3.8, 4) is 12.1 Å². The van der Waals surface area contributed by atoms with Gasteiger partial charge in [-0.15, -0.1) is 0 Å². The zero-order chi connectivity index (χ0) is 13.0. The molecule has 0 atom stereocenters. The highest BCUT2D eigenvalue weighted by atomic mass is 19.3. The van der Waals surface area contributed by atoms with Crippen molar-refractivity contribution in [2.75, 3.05) is 0 Å². The van der Waals surface area contributed by atoms with Crippen LogP contribution in [0.2, 0.25) is 0 Å². The van der Waals surface area contributed by atoms with Crippen LogP contribution in [0, 0.1) is 32.8 Å². The lowest BCUT2D eigenvalue weighted by molar-refractivity contribution is -0.386. The molecule has 1 aromatic rings. The summed E-state index contributed by atoms with van der Waals surface area (Å²) in [7, 11) is 0. The Morgan fingerprint density at radius 2 is 2.18 bits per heavy atom. The van der Waals surface area contributed by atoms with E-state index in [1.54, 1.807) is 6.07 Å². The molecule has 0 aliphatic heterocycles. The SMILES string of the molecule is N#CCc1nc(C#N)c(C(F)F)cc1[N+](=O)[O-]. The third-order valence-electron chi connectivity index (χ3n) is 1.89. The molecule has 1 heterocycles. The highest BCUT2D eigenvalue weighted by molar-refractivity contribution is 5.46. The monoisotopic (exact) mass is 238 g/mol. The van der Waals surface area contributed by atoms with Crippen LogP contribution in [-0.4, -0.2) is 9.91 Å². The molecule has 0 bridgehead atoms. The van der Waals surface area contributed by atoms with E-state index >= 15 is 0 Å². The Kier molecular flexibility index (Phi) is 3.62. The summed E-state index contributed by atoms with van der Waals surface area (Å²) >= 11 is 0. The van der Waals surface area contributed by atoms with Gasteiger partial charge in [-0.3, -0.25) is 10.1 Å². The van der Waals surface area contributed by atoms with Crippen molar-refractivity contribution in [1.82, 2.24) is 4.98 Å². The molecule has 1 aromatic heterocycles. The van der Waals surface area contributed by atoms with Crippen LogP contribution in [0.5, 0.6) is 0 Å². The summed E-state index contributed by atoms with van der Waals surface area (Å²) in [4.78, 5) is 13.1. The number of hydrogen-bond donors (Lipinski definition) is 0. The third kappa shape index (κ3) is 2.49. The maximum absolute atomic E-state index is 12.5. The first-order valence-corrected chi connectivity index (χ1v) is 4.24. The van der Waals surface area contributed by atoms with Gasteiger partial charge in [-0.1, -0.05) is 0 Å². The van der Waals surface area contributed by atoms with Crippen molar-refractivity contribution in [3.05, 3.63) is 33.1 Å². The van der Waals surface area contributed by atoms with Crippen LogP contribution in [0.1, 0.15) is 23.4 Å². The van der Waals surface area contributed by atoms with E-state index in [0.29, 0.717) is 6.07 Å². The van der Waals surface area contributed by atoms with Gasteiger partial charge in [0.25, 0.3) is 12.1 Å². The number of nitriles is 2. The highest BCUT2D eigenvalue weighted by Gasteiger charge is 2.23. The van der Waals surface area contributed by atoms with Crippen LogP contribution in [-0.2, 0) is 6.42 Å². The number of pyridine rings is 1. The second-order valence-corrected chi connectivity index (χ2v) is 2.90. The highest BCUT2D eigenvalue weighted by Crippen LogP contribution is 2.27. The van der Waals surface area contributed by atoms with E-state index in [1.807, 2.05) is 0 Å². The summed E-state index contributed by atoms with van der Waals surface area (Å²) < 4.78 is 25.0. The molecule has 6 nitrogen and oxygen atoms in total. The van der Waals surface area contributed by atoms with Crippen molar-refractivity contribution in [2.24, 2.45) is 0 Å². The van der Waals surface area contributed by atoms with Gasteiger partial charge >= 0.3 is 0 Å². The zero-order valence-electron chi connectivity index (χ0n) is 8.22. The Morgan fingerprint density at radius 3 is 2.59 bits per heavy atom. The molecule has 0 aromatic carbocycles. The summed E-state index contributed by atoms with van der Waals surface area (Å²) in [5.74, 6) is 0. The fraction of sp³-hybridized carbons (Fsp3) is 0.222. The van der Waals surface area contributed by atoms with Crippen molar-refractivity contribution in [3.63, 3.8) is 0 Å². The summed E-state index contributed by atoms with van der Waals surface area (Å²) in [5.41, 5.74) is -2.38. The van der Waals surface area contributed by atoms with Crippen LogP contribution in [0.4, 0.5) is 14.5 Å². The van der Waals surface area contributed by atoms with Gasteiger partial charge in [0.1, 0.15) is 17.5 Å². The topological polar surface area (TPSA) is 104 Å². The van der Waals surface area contributed by atoms with E-state index in [1.165, 1.54) is 6.07 Å². The van der Waals surface area contributed by atoms with Gasteiger partial charge in [-0.25, -0.2) is 13.8 Å². The first kappa shape index (κ1) is 12.5. The number of hydrogen-bond acceptors (Lipinski definition) is 5. The molecule has 0 aliphatic carbocycles. The van der Waals surface area contributed by atoms with Gasteiger partial charge in [0.05, 0.1) is 23.0 Å². The first-order chi connectivity index (χ1) is 8.01. The largest absolute Gasteiger partial charge is 0.292 e. The molecule has 8 heteroatoms. The second kappa shape index (κ2) is 4.94. The number of nitrogens with zero attached hydrogens (tertiary/aromatic N) is 4. The van der Waals surface area contributed by atoms with Gasteiger partial charge in [-0.05, 0) is 0 Å². The standard InChI is InChI=1S/C9H4F2N4O2/c10-9(11)5-3-8(15(16)17)6(1-2-12)14-7(5)4-13/h3,9H,1H2. The molecular weight excluding hydrogens is 234 g/mol. The van der Waals surface area contributed by atoms with Crippen molar-refractivity contribution in [2.45, 2.75) is 12.8 Å². The van der Waals surface area contributed by atoms with Crippen LogP contribution in [0.15, 0.2) is 6.07 Å². The number of rotatable bonds is 3. The molecule has 0 amide bonds. The van der Waals surface area contributed by atoms with E-state index in [9.17, 15) is 18.9 Å². The summed E-state index contributed by atoms with van der Waals surface area (Å²) in [5, 5.41) is 27.6. The number of alkyl halides is 2. The molecule has 0 saturated heterocycles. The summed E-state index contributed by atoms with van der Waals surface area (Å²) in [6, 6.07) is 3.62. The maximum Gasteiger partial charge on any atom is 0.292 e. The quantitative estimate of drug-likeness (QED) is 0.590. The molecule has 0 spiro atoms. The Morgan fingerprint density at radius 1 is 1.53 bits per heavy atom. The smallest absolute Gasteiger partial charge is 0.258 e. The number of halogens is 2. The molecule has 0 saturated carbocycles. The molecule has 0 radical (unpaired) electrons. The number of aromatic nitrogens is 1. The number of nitro groups is 1. The minimum Gasteiger partial charge on any atom is -0.258 e. The zero-order valence-corrected chi connectivity index (χ0v) is 8.22. The molecule has 86 valence electrons. The van der Waals surface area contributed by atoms with Crippen LogP contribution >= 0.6 is 0 Å². The predicted octanol–water partition coefficient (Wildman–Crippen LogP) is 1.87. The van der Waals surface area contributed by atoms with Gasteiger partial charge in [0.15, 0.2) is 0 Å². The van der Waals surface area contributed by atoms with Crippen molar-refractivity contribution in [1.29, 1.82) is 10.5 Å². The molecule has 0 aliphatic rings. The lowest BCUT2D eigenvalue weighted by Gasteiger charge is -2.04. The van der Waals surface area contributed by atoms with Crippen LogP contribution in [0.25, 0.3) is 0 Å². The van der Waals surface area contributed by atoms with E-state index in [0.717, 1.165) is 0 Å². The summed E-state index contributed by atoms with van der Waals surface area (Å²) in [6.45, 7) is 0. The molecule has 0 N–H and O–H groups in total. The van der Waals surface area contributed by atoms with E-state index in [-0.39, 0.29) is 5.69 Å². The minimum atomic E-state index is -3.04. The molecule has 1 rings (SSSR count). The van der Waals surface area contributed by atoms with Crippen LogP contribution in [0.3, 0.4) is 0 Å². The Labute approximate surface area is 93.9 Å². The van der Waals surface area contributed by atoms with Gasteiger partial charge < -0.3 is 0 Å². The van der Waals surface area contributed by atoms with Crippen LogP contribution < -0.4 is 0 Å². The third-order valence-corrected chi connectivity index (χ3v) is 1.89. The Bertz CT molecular complexity index is 545. The fourth-order valence-electron chi connectivity index (χ4n) is 1.17. The van der Waals surface area contributed by atoms with E-state index < -0.39 is 34.7 Å². The normalized spacial score (nSPS) is 9.71. The predicted molar refractivity (Wildman–Crippen MR) is 49.9 cm³/mol. The van der Waals surface area contributed by atoms with E-state index in [2.05, 4.69) is 4.98 Å². The van der Waals surface area contributed by atoms with Gasteiger partial charge in [0.2, 0.25) is 0 Å². The minimum absolute atomic E-state index is 0.293. The first-order valence-electron chi connectivity index (χ1n) is 4.24. The average molecular weight is 238 g/mol. The maximum atomic E-state index is 12.5. The molecule has 0 fully saturated rings. The molecule has 0 unspecified atom stereocenters. The Hall–Kier alpha value is -2.61. The molecule has 17 heavy (non-hydrogen) atoms. The van der Waals surface area contributed by atoms with Gasteiger partial charge in [-0.2, -0.15) is 10.5 Å².